The number of imidazole rings is 1. The van der Waals surface area contributed by atoms with Crippen LogP contribution in [0.5, 0.6) is 0 Å². The zero-order valence-corrected chi connectivity index (χ0v) is 24.0. The predicted molar refractivity (Wildman–Crippen MR) is 153 cm³/mol. The third-order valence-corrected chi connectivity index (χ3v) is 7.61. The van der Waals surface area contributed by atoms with Crippen LogP contribution in [0, 0.1) is 24.5 Å². The number of anilines is 2. The summed E-state index contributed by atoms with van der Waals surface area (Å²) in [6, 6.07) is 6.58. The van der Waals surface area contributed by atoms with Gasteiger partial charge in [-0.1, -0.05) is 13.0 Å². The van der Waals surface area contributed by atoms with Crippen LogP contribution >= 0.6 is 0 Å². The number of nitrogens with zero attached hydrogens (tertiary/aromatic N) is 6. The number of pyridine rings is 1. The first-order valence-corrected chi connectivity index (χ1v) is 14.0. The van der Waals surface area contributed by atoms with Crippen molar-refractivity contribution in [3.63, 3.8) is 0 Å². The molecule has 1 fully saturated rings. The highest BCUT2D eigenvalue weighted by Gasteiger charge is 2.30. The van der Waals surface area contributed by atoms with Crippen LogP contribution in [0.3, 0.4) is 0 Å². The number of aromatic nitrogens is 5. The number of halogens is 2. The first-order chi connectivity index (χ1) is 19.6. The summed E-state index contributed by atoms with van der Waals surface area (Å²) in [6.45, 7) is 12.3. The zero-order valence-electron chi connectivity index (χ0n) is 24.0. The fourth-order valence-electron chi connectivity index (χ4n) is 5.64. The van der Waals surface area contributed by atoms with E-state index in [-0.39, 0.29) is 46.8 Å². The van der Waals surface area contributed by atoms with E-state index in [1.165, 1.54) is 13.0 Å². The summed E-state index contributed by atoms with van der Waals surface area (Å²) in [7, 11) is 0. The predicted octanol–water partition coefficient (Wildman–Crippen LogP) is 6.14. The number of carbonyl (C=O) groups is 1. The minimum Gasteiger partial charge on any atom is -0.457 e. The first kappa shape index (κ1) is 28.5. The van der Waals surface area contributed by atoms with Crippen molar-refractivity contribution in [2.45, 2.75) is 59.6 Å². The average Bonchev–Trinajstić information content (AvgIpc) is 3.30. The molecule has 216 valence electrons. The quantitative estimate of drug-likeness (QED) is 0.256. The first-order valence-electron chi connectivity index (χ1n) is 14.0. The lowest BCUT2D eigenvalue weighted by Crippen LogP contribution is -2.36. The Kier molecular flexibility index (Phi) is 8.25. The maximum absolute atomic E-state index is 15.0. The number of esters is 1. The van der Waals surface area contributed by atoms with Crippen LogP contribution in [0.2, 0.25) is 0 Å². The second-order valence-electron chi connectivity index (χ2n) is 10.7. The van der Waals surface area contributed by atoms with Gasteiger partial charge in [0.2, 0.25) is 5.95 Å². The topological polar surface area (TPSA) is 98.1 Å². The Hall–Kier alpha value is -3.99. The van der Waals surface area contributed by atoms with Crippen molar-refractivity contribution < 1.29 is 18.3 Å². The molecule has 1 N–H and O–H groups in total. The van der Waals surface area contributed by atoms with Crippen LogP contribution in [-0.2, 0) is 9.53 Å². The van der Waals surface area contributed by atoms with Crippen molar-refractivity contribution in [1.82, 2.24) is 29.4 Å². The van der Waals surface area contributed by atoms with E-state index in [1.807, 2.05) is 31.4 Å². The number of hydrogen-bond donors (Lipinski definition) is 1. The van der Waals surface area contributed by atoms with Gasteiger partial charge in [-0.25, -0.2) is 28.7 Å². The number of benzene rings is 1. The largest absolute Gasteiger partial charge is 0.457 e. The second kappa shape index (κ2) is 11.9. The lowest BCUT2D eigenvalue weighted by molar-refractivity contribution is -0.150. The summed E-state index contributed by atoms with van der Waals surface area (Å²) in [6.07, 6.45) is 4.20. The van der Waals surface area contributed by atoms with E-state index in [0.29, 0.717) is 17.2 Å². The fraction of sp³-hybridized carbons (Fsp3) is 0.433. The van der Waals surface area contributed by atoms with Gasteiger partial charge in [-0.2, -0.15) is 0 Å². The number of carbonyl (C=O) groups excluding carboxylic acids is 1. The number of piperidine rings is 1. The number of likely N-dealkylation sites (tertiary alicyclic amines) is 1. The smallest absolute Gasteiger partial charge is 0.303 e. The molecule has 5 rings (SSSR count). The maximum atomic E-state index is 15.0. The normalized spacial score (nSPS) is 15.4. The summed E-state index contributed by atoms with van der Waals surface area (Å²) < 4.78 is 37.6. The van der Waals surface area contributed by atoms with Crippen molar-refractivity contribution in [3.05, 3.63) is 59.7 Å². The zero-order chi connectivity index (χ0) is 29.3. The molecule has 41 heavy (non-hydrogen) atoms. The van der Waals surface area contributed by atoms with Crippen LogP contribution < -0.4 is 5.32 Å². The molecule has 0 unspecified atom stereocenters. The molecule has 0 aliphatic carbocycles. The van der Waals surface area contributed by atoms with Crippen molar-refractivity contribution >= 4 is 28.8 Å². The van der Waals surface area contributed by atoms with Gasteiger partial charge in [-0.05, 0) is 71.4 Å². The number of ether oxygens (including phenoxy) is 1. The van der Waals surface area contributed by atoms with Gasteiger partial charge in [0, 0.05) is 36.2 Å². The molecule has 0 radical (unpaired) electrons. The molecule has 0 spiro atoms. The van der Waals surface area contributed by atoms with Gasteiger partial charge in [0.25, 0.3) is 0 Å². The molecule has 4 heterocycles. The highest BCUT2D eigenvalue weighted by Crippen LogP contribution is 2.34. The molecular formula is C30H35F2N7O2. The minimum absolute atomic E-state index is 0.0394. The monoisotopic (exact) mass is 563 g/mol. The van der Waals surface area contributed by atoms with Gasteiger partial charge < -0.3 is 19.5 Å². The molecule has 1 atom stereocenters. The van der Waals surface area contributed by atoms with Gasteiger partial charge in [0.1, 0.15) is 29.0 Å². The molecule has 1 aliphatic heterocycles. The molecule has 1 aliphatic rings. The van der Waals surface area contributed by atoms with Crippen molar-refractivity contribution in [2.24, 2.45) is 5.92 Å². The van der Waals surface area contributed by atoms with Crippen LogP contribution in [0.25, 0.3) is 22.3 Å². The number of nitrogens with one attached hydrogen (secondary N) is 1. The number of aryl methyl sites for hydroxylation is 1. The summed E-state index contributed by atoms with van der Waals surface area (Å²) in [5.41, 5.74) is 1.85. The molecule has 9 nitrogen and oxygen atoms in total. The average molecular weight is 564 g/mol. The van der Waals surface area contributed by atoms with Gasteiger partial charge in [0.05, 0.1) is 11.7 Å². The third kappa shape index (κ3) is 6.04. The number of hydrogen-bond acceptors (Lipinski definition) is 8. The van der Waals surface area contributed by atoms with Crippen molar-refractivity contribution in [1.29, 1.82) is 0 Å². The summed E-state index contributed by atoms with van der Waals surface area (Å²) >= 11 is 0. The molecule has 0 saturated carbocycles. The Labute approximate surface area is 238 Å². The Morgan fingerprint density at radius 1 is 1.10 bits per heavy atom. The Morgan fingerprint density at radius 3 is 2.49 bits per heavy atom. The van der Waals surface area contributed by atoms with Crippen LogP contribution in [-0.4, -0.2) is 55.0 Å². The molecular weight excluding hydrogens is 528 g/mol. The fourth-order valence-corrected chi connectivity index (χ4v) is 5.64. The minimum atomic E-state index is -0.678. The van der Waals surface area contributed by atoms with Gasteiger partial charge in [-0.15, -0.1) is 0 Å². The van der Waals surface area contributed by atoms with E-state index in [1.54, 1.807) is 18.3 Å². The lowest BCUT2D eigenvalue weighted by Gasteiger charge is -2.35. The van der Waals surface area contributed by atoms with Crippen LogP contribution in [0.4, 0.5) is 20.5 Å². The van der Waals surface area contributed by atoms with Crippen LogP contribution in [0.1, 0.15) is 64.1 Å². The molecule has 0 bridgehead atoms. The summed E-state index contributed by atoms with van der Waals surface area (Å²) in [4.78, 5) is 31.5. The highest BCUT2D eigenvalue weighted by atomic mass is 19.1. The van der Waals surface area contributed by atoms with E-state index in [2.05, 4.69) is 37.1 Å². The molecule has 1 aromatic carbocycles. The Bertz CT molecular complexity index is 1550. The Balaban J connectivity index is 1.39. The number of fused-ring (bicyclic) bond motifs is 1. The second-order valence-corrected chi connectivity index (χ2v) is 10.7. The van der Waals surface area contributed by atoms with Gasteiger partial charge in [-0.3, -0.25) is 4.79 Å². The SMILES string of the molecule is CCN1CCC([C@H](OC(C)=O)c2ccc(Nc3ncc(F)c(-c4cc(F)c5nc(C)n(C(C)C)c5c4)n3)nc2)CC1. The van der Waals surface area contributed by atoms with E-state index >= 15 is 4.39 Å². The standard InChI is InChI=1S/C30H35F2N7O2/c1-6-38-11-9-20(10-12-38)29(41-19(5)40)21-7-8-26(33-15-21)36-30-34-16-24(32)27(37-30)22-13-23(31)28-25(14-22)39(17(2)3)18(4)35-28/h7-8,13-17,20,29H,6,9-12H2,1-5H3,(H,33,34,36,37)/t29-/m0/s1. The molecule has 1 saturated heterocycles. The van der Waals surface area contributed by atoms with Gasteiger partial charge in [0.15, 0.2) is 11.6 Å². The maximum Gasteiger partial charge on any atom is 0.303 e. The Morgan fingerprint density at radius 2 is 1.85 bits per heavy atom. The third-order valence-electron chi connectivity index (χ3n) is 7.61. The van der Waals surface area contributed by atoms with E-state index in [4.69, 9.17) is 4.74 Å². The van der Waals surface area contributed by atoms with Crippen molar-refractivity contribution in [2.75, 3.05) is 25.0 Å². The van der Waals surface area contributed by atoms with Gasteiger partial charge >= 0.3 is 5.97 Å². The molecule has 0 amide bonds. The number of rotatable bonds is 8. The lowest BCUT2D eigenvalue weighted by atomic mass is 9.87. The van der Waals surface area contributed by atoms with E-state index in [0.717, 1.165) is 44.2 Å². The molecule has 4 aromatic rings. The summed E-state index contributed by atoms with van der Waals surface area (Å²) in [5, 5.41) is 3.00. The van der Waals surface area contributed by atoms with E-state index < -0.39 is 11.6 Å². The van der Waals surface area contributed by atoms with Crippen LogP contribution in [0.15, 0.2) is 36.7 Å². The summed E-state index contributed by atoms with van der Waals surface area (Å²) in [5.74, 6) is -0.130. The van der Waals surface area contributed by atoms with Crippen molar-refractivity contribution in [3.8, 4) is 11.3 Å². The van der Waals surface area contributed by atoms with E-state index in [9.17, 15) is 9.18 Å². The highest BCUT2D eigenvalue weighted by molar-refractivity contribution is 5.83. The molecule has 3 aromatic heterocycles. The molecule has 11 heteroatoms.